The van der Waals surface area contributed by atoms with Gasteiger partial charge in [-0.3, -0.25) is 0 Å². The van der Waals surface area contributed by atoms with E-state index in [9.17, 15) is 10.1 Å². The molecule has 0 aromatic carbocycles. The second-order valence-electron chi connectivity index (χ2n) is 1.73. The molecule has 6 heteroatoms. The molecular formula is C4H4IN3O2. The summed E-state index contributed by atoms with van der Waals surface area (Å²) in [5.74, 6) is 0.0422. The molecular weight excluding hydrogens is 249 g/mol. The lowest BCUT2D eigenvalue weighted by Gasteiger charge is -1.91. The van der Waals surface area contributed by atoms with Gasteiger partial charge in [-0.05, 0) is 27.5 Å². The minimum absolute atomic E-state index is 0.0422. The smallest absolute Gasteiger partial charge is 0.356 e. The highest BCUT2D eigenvalue weighted by atomic mass is 127. The first-order chi connectivity index (χ1) is 4.63. The highest BCUT2D eigenvalue weighted by Crippen LogP contribution is 2.16. The summed E-state index contributed by atoms with van der Waals surface area (Å²) >= 11 is 1.82. The molecule has 1 aromatic heterocycles. The van der Waals surface area contributed by atoms with E-state index in [2.05, 4.69) is 4.98 Å². The fraction of sp³-hybridized carbons (Fsp3) is 0.250. The summed E-state index contributed by atoms with van der Waals surface area (Å²) in [4.78, 5) is 13.5. The van der Waals surface area contributed by atoms with Crippen LogP contribution in [0.5, 0.6) is 0 Å². The van der Waals surface area contributed by atoms with E-state index >= 15 is 0 Å². The van der Waals surface area contributed by atoms with Crippen molar-refractivity contribution in [2.45, 2.75) is 0 Å². The Morgan fingerprint density at radius 1 is 1.90 bits per heavy atom. The summed E-state index contributed by atoms with van der Waals surface area (Å²) < 4.78 is 1.80. The lowest BCUT2D eigenvalue weighted by molar-refractivity contribution is -0.392. The third-order valence-electron chi connectivity index (χ3n) is 1.04. The third-order valence-corrected chi connectivity index (χ3v) is 1.80. The monoisotopic (exact) mass is 253 g/mol. The van der Waals surface area contributed by atoms with Crippen molar-refractivity contribution in [1.82, 2.24) is 9.55 Å². The van der Waals surface area contributed by atoms with Crippen LogP contribution in [0.15, 0.2) is 6.33 Å². The Balaban J connectivity index is 3.23. The highest BCUT2D eigenvalue weighted by molar-refractivity contribution is 14.1. The van der Waals surface area contributed by atoms with Gasteiger partial charge in [0.25, 0.3) is 0 Å². The predicted octanol–water partition coefficient (Wildman–Crippen LogP) is 0.933. The number of hydrogen-bond acceptors (Lipinski definition) is 3. The van der Waals surface area contributed by atoms with Gasteiger partial charge in [-0.25, -0.2) is 9.55 Å². The van der Waals surface area contributed by atoms with Gasteiger partial charge in [0, 0.05) is 0 Å². The third kappa shape index (κ3) is 1.11. The van der Waals surface area contributed by atoms with Crippen molar-refractivity contribution < 1.29 is 4.92 Å². The van der Waals surface area contributed by atoms with Crippen molar-refractivity contribution in [3.05, 3.63) is 20.1 Å². The molecule has 1 heterocycles. The molecule has 0 aliphatic heterocycles. The Bertz CT molecular complexity index is 250. The zero-order valence-electron chi connectivity index (χ0n) is 5.11. The Hall–Kier alpha value is -0.660. The molecule has 5 nitrogen and oxygen atoms in total. The van der Waals surface area contributed by atoms with Gasteiger partial charge in [0.15, 0.2) is 10.0 Å². The molecule has 0 atom stereocenters. The second kappa shape index (κ2) is 2.52. The van der Waals surface area contributed by atoms with Crippen LogP contribution in [0.4, 0.5) is 5.82 Å². The van der Waals surface area contributed by atoms with Crippen molar-refractivity contribution in [3.63, 3.8) is 0 Å². The second-order valence-corrected chi connectivity index (χ2v) is 2.75. The quantitative estimate of drug-likeness (QED) is 0.425. The largest absolute Gasteiger partial charge is 0.358 e. The van der Waals surface area contributed by atoms with Gasteiger partial charge in [-0.1, -0.05) is 0 Å². The molecule has 0 fully saturated rings. The molecule has 0 N–H and O–H groups in total. The van der Waals surface area contributed by atoms with Crippen LogP contribution in [0.25, 0.3) is 0 Å². The zero-order chi connectivity index (χ0) is 7.72. The predicted molar refractivity (Wildman–Crippen MR) is 42.6 cm³/mol. The van der Waals surface area contributed by atoms with E-state index in [1.807, 2.05) is 22.6 Å². The molecule has 0 saturated heterocycles. The first kappa shape index (κ1) is 7.45. The van der Waals surface area contributed by atoms with E-state index in [1.54, 1.807) is 7.05 Å². The summed E-state index contributed by atoms with van der Waals surface area (Å²) in [7, 11) is 1.59. The van der Waals surface area contributed by atoms with Crippen molar-refractivity contribution in [1.29, 1.82) is 0 Å². The Labute approximate surface area is 70.3 Å². The molecule has 0 radical (unpaired) electrons. The van der Waals surface area contributed by atoms with Crippen molar-refractivity contribution >= 4 is 28.4 Å². The van der Waals surface area contributed by atoms with E-state index in [0.29, 0.717) is 3.70 Å². The highest BCUT2D eigenvalue weighted by Gasteiger charge is 2.15. The van der Waals surface area contributed by atoms with Gasteiger partial charge in [0.1, 0.15) is 0 Å². The summed E-state index contributed by atoms with van der Waals surface area (Å²) in [5.41, 5.74) is 0. The molecule has 0 aliphatic rings. The number of aromatic nitrogens is 2. The van der Waals surface area contributed by atoms with Crippen molar-refractivity contribution in [3.8, 4) is 0 Å². The van der Waals surface area contributed by atoms with Gasteiger partial charge < -0.3 is 10.1 Å². The molecule has 0 amide bonds. The van der Waals surface area contributed by atoms with E-state index in [-0.39, 0.29) is 5.82 Å². The van der Waals surface area contributed by atoms with Crippen LogP contribution in [-0.4, -0.2) is 14.5 Å². The summed E-state index contributed by atoms with van der Waals surface area (Å²) in [5, 5.41) is 10.2. The SMILES string of the molecule is Cn1cnc(I)c1[N+](=O)[O-]. The number of imidazole rings is 1. The van der Waals surface area contributed by atoms with Crippen LogP contribution >= 0.6 is 22.6 Å². The summed E-state index contributed by atoms with van der Waals surface area (Å²) in [6, 6.07) is 0. The molecule has 0 bridgehead atoms. The van der Waals surface area contributed by atoms with Gasteiger partial charge >= 0.3 is 5.82 Å². The summed E-state index contributed by atoms with van der Waals surface area (Å²) in [6.45, 7) is 0. The Kier molecular flexibility index (Phi) is 1.88. The lowest BCUT2D eigenvalue weighted by Crippen LogP contribution is -1.96. The average molecular weight is 253 g/mol. The fourth-order valence-electron chi connectivity index (χ4n) is 0.599. The maximum absolute atomic E-state index is 10.2. The zero-order valence-corrected chi connectivity index (χ0v) is 7.27. The number of rotatable bonds is 1. The van der Waals surface area contributed by atoms with Crippen LogP contribution in [0.3, 0.4) is 0 Å². The van der Waals surface area contributed by atoms with E-state index in [1.165, 1.54) is 10.9 Å². The number of hydrogen-bond donors (Lipinski definition) is 0. The van der Waals surface area contributed by atoms with Gasteiger partial charge in [0.2, 0.25) is 0 Å². The number of halogens is 1. The van der Waals surface area contributed by atoms with Crippen molar-refractivity contribution in [2.24, 2.45) is 7.05 Å². The summed E-state index contributed by atoms with van der Waals surface area (Å²) in [6.07, 6.45) is 1.42. The lowest BCUT2D eigenvalue weighted by atomic mass is 10.8. The number of nitrogens with zero attached hydrogens (tertiary/aromatic N) is 3. The molecule has 10 heavy (non-hydrogen) atoms. The first-order valence-electron chi connectivity index (χ1n) is 2.44. The number of nitro groups is 1. The van der Waals surface area contributed by atoms with Crippen LogP contribution in [0, 0.1) is 13.8 Å². The van der Waals surface area contributed by atoms with Crippen LogP contribution in [0.1, 0.15) is 0 Å². The van der Waals surface area contributed by atoms with Gasteiger partial charge in [0.05, 0.1) is 7.05 Å². The molecule has 0 aliphatic carbocycles. The molecule has 0 unspecified atom stereocenters. The molecule has 0 spiro atoms. The van der Waals surface area contributed by atoms with Crippen LogP contribution in [-0.2, 0) is 7.05 Å². The molecule has 1 rings (SSSR count). The molecule has 1 aromatic rings. The minimum Gasteiger partial charge on any atom is -0.358 e. The minimum atomic E-state index is -0.450. The number of aryl methyl sites for hydroxylation is 1. The fourth-order valence-corrected chi connectivity index (χ4v) is 1.30. The average Bonchev–Trinajstić information content (AvgIpc) is 2.11. The van der Waals surface area contributed by atoms with Crippen LogP contribution in [0.2, 0.25) is 0 Å². The van der Waals surface area contributed by atoms with E-state index < -0.39 is 4.92 Å². The first-order valence-corrected chi connectivity index (χ1v) is 3.52. The maximum atomic E-state index is 10.2. The van der Waals surface area contributed by atoms with Crippen LogP contribution < -0.4 is 0 Å². The maximum Gasteiger partial charge on any atom is 0.356 e. The van der Waals surface area contributed by atoms with Gasteiger partial charge in [-0.2, -0.15) is 0 Å². The normalized spacial score (nSPS) is 9.80. The molecule has 0 saturated carbocycles. The Morgan fingerprint density at radius 3 is 2.70 bits per heavy atom. The molecule has 54 valence electrons. The van der Waals surface area contributed by atoms with E-state index in [4.69, 9.17) is 0 Å². The van der Waals surface area contributed by atoms with Gasteiger partial charge in [-0.15, -0.1) is 0 Å². The van der Waals surface area contributed by atoms with Crippen molar-refractivity contribution in [2.75, 3.05) is 0 Å². The Morgan fingerprint density at radius 2 is 2.50 bits per heavy atom. The van der Waals surface area contributed by atoms with E-state index in [0.717, 1.165) is 0 Å². The standard InChI is InChI=1S/C4H4IN3O2/c1-7-2-6-3(5)4(7)8(9)10/h2H,1H3. The topological polar surface area (TPSA) is 61.0 Å².